The smallest absolute Gasteiger partial charge is 0.227 e. The molecule has 30 heavy (non-hydrogen) atoms. The van der Waals surface area contributed by atoms with Crippen LogP contribution in [0.4, 0.5) is 5.69 Å². The molecule has 5 rings (SSSR count). The predicted molar refractivity (Wildman–Crippen MR) is 121 cm³/mol. The van der Waals surface area contributed by atoms with Crippen molar-refractivity contribution >= 4 is 29.9 Å². The number of rotatable bonds is 3. The van der Waals surface area contributed by atoms with Gasteiger partial charge in [-0.25, -0.2) is 0 Å². The van der Waals surface area contributed by atoms with Crippen LogP contribution >= 0.6 is 12.4 Å². The lowest BCUT2D eigenvalue weighted by Gasteiger charge is -2.27. The maximum absolute atomic E-state index is 12.7. The first kappa shape index (κ1) is 20.9. The van der Waals surface area contributed by atoms with E-state index in [0.717, 1.165) is 37.8 Å². The van der Waals surface area contributed by atoms with Crippen molar-refractivity contribution in [2.75, 3.05) is 11.4 Å². The van der Waals surface area contributed by atoms with Gasteiger partial charge in [-0.1, -0.05) is 30.3 Å². The lowest BCUT2D eigenvalue weighted by Crippen LogP contribution is -2.43. The van der Waals surface area contributed by atoms with E-state index in [0.29, 0.717) is 6.54 Å². The minimum atomic E-state index is -0.274. The molecule has 158 valence electrons. The minimum Gasteiger partial charge on any atom is -0.353 e. The molecule has 1 heterocycles. The van der Waals surface area contributed by atoms with Gasteiger partial charge in [-0.05, 0) is 66.5 Å². The van der Waals surface area contributed by atoms with Gasteiger partial charge in [-0.2, -0.15) is 0 Å². The van der Waals surface area contributed by atoms with Crippen molar-refractivity contribution < 1.29 is 9.59 Å². The van der Waals surface area contributed by atoms with E-state index in [4.69, 9.17) is 5.73 Å². The van der Waals surface area contributed by atoms with Crippen LogP contribution in [-0.2, 0) is 16.0 Å². The SMILES string of the molecule is Cl.NC1CCC(NC(=O)C2CC(=O)N(c3ccc4c(c3)Cc3ccccc3-4)C2)CC1. The Hall–Kier alpha value is -2.37. The van der Waals surface area contributed by atoms with E-state index >= 15 is 0 Å². The number of nitrogens with one attached hydrogen (secondary N) is 1. The zero-order valence-electron chi connectivity index (χ0n) is 17.0. The fraction of sp³-hybridized carbons (Fsp3) is 0.417. The van der Waals surface area contributed by atoms with Gasteiger partial charge >= 0.3 is 0 Å². The maximum atomic E-state index is 12.7. The van der Waals surface area contributed by atoms with Crippen LogP contribution in [0.25, 0.3) is 11.1 Å². The second kappa shape index (κ2) is 8.40. The molecule has 1 saturated carbocycles. The van der Waals surface area contributed by atoms with Crippen molar-refractivity contribution in [2.45, 2.75) is 50.6 Å². The number of carbonyl (C=O) groups is 2. The summed E-state index contributed by atoms with van der Waals surface area (Å²) >= 11 is 0. The number of nitrogens with two attached hydrogens (primary N) is 1. The summed E-state index contributed by atoms with van der Waals surface area (Å²) in [5.74, 6) is -0.232. The fourth-order valence-electron chi connectivity index (χ4n) is 5.01. The monoisotopic (exact) mass is 425 g/mol. The number of nitrogens with zero attached hydrogens (tertiary/aromatic N) is 1. The highest BCUT2D eigenvalue weighted by Gasteiger charge is 2.36. The third-order valence-electron chi connectivity index (χ3n) is 6.70. The van der Waals surface area contributed by atoms with Gasteiger partial charge in [0.25, 0.3) is 0 Å². The summed E-state index contributed by atoms with van der Waals surface area (Å²) < 4.78 is 0. The van der Waals surface area contributed by atoms with E-state index < -0.39 is 0 Å². The summed E-state index contributed by atoms with van der Waals surface area (Å²) in [7, 11) is 0. The molecule has 2 fully saturated rings. The van der Waals surface area contributed by atoms with Crippen molar-refractivity contribution in [3.8, 4) is 11.1 Å². The number of hydrogen-bond acceptors (Lipinski definition) is 3. The lowest BCUT2D eigenvalue weighted by molar-refractivity contribution is -0.127. The molecule has 1 saturated heterocycles. The highest BCUT2D eigenvalue weighted by Crippen LogP contribution is 2.39. The molecule has 2 amide bonds. The molecule has 2 aromatic rings. The molecule has 2 aromatic carbocycles. The van der Waals surface area contributed by atoms with Gasteiger partial charge in [0, 0.05) is 30.7 Å². The molecule has 1 aliphatic heterocycles. The Balaban J connectivity index is 0.00000218. The summed E-state index contributed by atoms with van der Waals surface area (Å²) in [6, 6.07) is 15.2. The van der Waals surface area contributed by atoms with Crippen LogP contribution in [0.2, 0.25) is 0 Å². The van der Waals surface area contributed by atoms with Crippen molar-refractivity contribution in [2.24, 2.45) is 11.7 Å². The number of hydrogen-bond donors (Lipinski definition) is 2. The molecule has 3 aliphatic rings. The minimum absolute atomic E-state index is 0. The molecule has 0 bridgehead atoms. The molecule has 0 spiro atoms. The average Bonchev–Trinajstić information content (AvgIpc) is 3.29. The molecule has 0 aromatic heterocycles. The first-order chi connectivity index (χ1) is 14.1. The van der Waals surface area contributed by atoms with Gasteiger partial charge in [-0.15, -0.1) is 12.4 Å². The van der Waals surface area contributed by atoms with Gasteiger partial charge in [0.2, 0.25) is 11.8 Å². The Morgan fingerprint density at radius 3 is 2.53 bits per heavy atom. The number of benzene rings is 2. The molecular formula is C24H28ClN3O2. The molecule has 5 nitrogen and oxygen atoms in total. The zero-order valence-corrected chi connectivity index (χ0v) is 17.8. The van der Waals surface area contributed by atoms with E-state index in [1.807, 2.05) is 6.07 Å². The van der Waals surface area contributed by atoms with E-state index in [-0.39, 0.29) is 48.6 Å². The Morgan fingerprint density at radius 1 is 1.00 bits per heavy atom. The van der Waals surface area contributed by atoms with Crippen molar-refractivity contribution in [1.82, 2.24) is 5.32 Å². The standard InChI is InChI=1S/C24H27N3O2.ClH/c25-18-5-7-19(8-6-18)26-24(29)17-13-23(28)27(14-17)20-9-10-22-16(12-20)11-15-3-1-2-4-21(15)22;/h1-4,9-10,12,17-19H,5-8,11,13-14,25H2,(H,26,29);1H. The molecular weight excluding hydrogens is 398 g/mol. The van der Waals surface area contributed by atoms with Crippen LogP contribution in [0.5, 0.6) is 0 Å². The van der Waals surface area contributed by atoms with Crippen LogP contribution in [0, 0.1) is 5.92 Å². The molecule has 1 unspecified atom stereocenters. The molecule has 2 aliphatic carbocycles. The molecule has 6 heteroatoms. The second-order valence-corrected chi connectivity index (χ2v) is 8.70. The van der Waals surface area contributed by atoms with E-state index in [9.17, 15) is 9.59 Å². The highest BCUT2D eigenvalue weighted by atomic mass is 35.5. The van der Waals surface area contributed by atoms with Crippen molar-refractivity contribution in [3.63, 3.8) is 0 Å². The van der Waals surface area contributed by atoms with Crippen LogP contribution in [0.1, 0.15) is 43.2 Å². The molecule has 0 radical (unpaired) electrons. The average molecular weight is 426 g/mol. The number of halogens is 1. The third kappa shape index (κ3) is 3.84. The Bertz CT molecular complexity index is 969. The first-order valence-electron chi connectivity index (χ1n) is 10.7. The number of carbonyl (C=O) groups excluding carboxylic acids is 2. The Labute approximate surface area is 183 Å². The summed E-state index contributed by atoms with van der Waals surface area (Å²) in [5.41, 5.74) is 12.0. The second-order valence-electron chi connectivity index (χ2n) is 8.70. The van der Waals surface area contributed by atoms with E-state index in [2.05, 4.69) is 41.7 Å². The van der Waals surface area contributed by atoms with Gasteiger partial charge in [0.1, 0.15) is 0 Å². The van der Waals surface area contributed by atoms with Crippen LogP contribution < -0.4 is 16.0 Å². The van der Waals surface area contributed by atoms with Gasteiger partial charge in [-0.3, -0.25) is 9.59 Å². The molecule has 3 N–H and O–H groups in total. The topological polar surface area (TPSA) is 75.4 Å². The van der Waals surface area contributed by atoms with Crippen molar-refractivity contribution in [1.29, 1.82) is 0 Å². The normalized spacial score (nSPS) is 24.8. The van der Waals surface area contributed by atoms with Crippen LogP contribution in [0.3, 0.4) is 0 Å². The fourth-order valence-corrected chi connectivity index (χ4v) is 5.01. The summed E-state index contributed by atoms with van der Waals surface area (Å²) in [6.07, 6.45) is 4.96. The first-order valence-corrected chi connectivity index (χ1v) is 10.7. The highest BCUT2D eigenvalue weighted by molar-refractivity contribution is 6.00. The number of anilines is 1. The Morgan fingerprint density at radius 2 is 1.73 bits per heavy atom. The lowest BCUT2D eigenvalue weighted by atomic mass is 9.91. The maximum Gasteiger partial charge on any atom is 0.227 e. The largest absolute Gasteiger partial charge is 0.353 e. The van der Waals surface area contributed by atoms with Crippen LogP contribution in [0.15, 0.2) is 42.5 Å². The summed E-state index contributed by atoms with van der Waals surface area (Å²) in [6.45, 7) is 0.461. The quantitative estimate of drug-likeness (QED) is 0.675. The van der Waals surface area contributed by atoms with Crippen LogP contribution in [-0.4, -0.2) is 30.4 Å². The third-order valence-corrected chi connectivity index (χ3v) is 6.70. The van der Waals surface area contributed by atoms with Crippen molar-refractivity contribution in [3.05, 3.63) is 53.6 Å². The number of amides is 2. The number of fused-ring (bicyclic) bond motifs is 3. The zero-order chi connectivity index (χ0) is 20.0. The predicted octanol–water partition coefficient (Wildman–Crippen LogP) is 3.42. The summed E-state index contributed by atoms with van der Waals surface area (Å²) in [5, 5.41) is 3.15. The van der Waals surface area contributed by atoms with E-state index in [1.54, 1.807) is 4.90 Å². The van der Waals surface area contributed by atoms with Gasteiger partial charge in [0.05, 0.1) is 5.92 Å². The van der Waals surface area contributed by atoms with E-state index in [1.165, 1.54) is 22.3 Å². The van der Waals surface area contributed by atoms with Gasteiger partial charge < -0.3 is 16.0 Å². The summed E-state index contributed by atoms with van der Waals surface area (Å²) in [4.78, 5) is 27.2. The van der Waals surface area contributed by atoms with Gasteiger partial charge in [0.15, 0.2) is 0 Å². The Kier molecular flexibility index (Phi) is 5.85. The molecule has 1 atom stereocenters.